The molecule has 0 aliphatic carbocycles. The van der Waals surface area contributed by atoms with E-state index < -0.39 is 0 Å². The predicted octanol–water partition coefficient (Wildman–Crippen LogP) is 7.23. The number of halogens is 1. The van der Waals surface area contributed by atoms with E-state index in [1.807, 2.05) is 56.3 Å². The van der Waals surface area contributed by atoms with Crippen LogP contribution < -0.4 is 10.1 Å². The molecule has 0 radical (unpaired) electrons. The largest absolute Gasteiger partial charge is 0.493 e. The molecule has 2 heterocycles. The van der Waals surface area contributed by atoms with Crippen molar-refractivity contribution in [1.29, 1.82) is 0 Å². The number of ether oxygens (including phenoxy) is 1. The van der Waals surface area contributed by atoms with Crippen molar-refractivity contribution >= 4 is 39.0 Å². The van der Waals surface area contributed by atoms with E-state index in [1.165, 1.54) is 12.1 Å². The summed E-state index contributed by atoms with van der Waals surface area (Å²) in [5.74, 6) is 0.0749. The van der Waals surface area contributed by atoms with Gasteiger partial charge in [0.15, 0.2) is 0 Å². The minimum absolute atomic E-state index is 0.251. The Morgan fingerprint density at radius 3 is 2.74 bits per heavy atom. The Hall–Kier alpha value is -4.45. The average Bonchev–Trinajstić information content (AvgIpc) is 3.27. The first-order valence-corrected chi connectivity index (χ1v) is 11.3. The molecule has 0 unspecified atom stereocenters. The van der Waals surface area contributed by atoms with E-state index in [2.05, 4.69) is 10.3 Å². The molecule has 5 aromatic rings. The van der Waals surface area contributed by atoms with Gasteiger partial charge in [0.25, 0.3) is 0 Å². The zero-order valence-corrected chi connectivity index (χ0v) is 19.3. The van der Waals surface area contributed by atoms with Gasteiger partial charge in [-0.3, -0.25) is 9.78 Å². The van der Waals surface area contributed by atoms with Gasteiger partial charge in [-0.25, -0.2) is 4.39 Å². The number of aromatic nitrogens is 1. The second kappa shape index (κ2) is 9.43. The molecule has 174 valence electrons. The Labute approximate surface area is 201 Å². The molecule has 1 N–H and O–H groups in total. The van der Waals surface area contributed by atoms with Crippen LogP contribution >= 0.6 is 0 Å². The van der Waals surface area contributed by atoms with E-state index in [-0.39, 0.29) is 11.7 Å². The fourth-order valence-electron chi connectivity index (χ4n) is 4.10. The zero-order chi connectivity index (χ0) is 24.4. The van der Waals surface area contributed by atoms with Gasteiger partial charge in [0.1, 0.15) is 17.1 Å². The second-order valence-electron chi connectivity index (χ2n) is 8.16. The molecule has 0 fully saturated rings. The number of fused-ring (bicyclic) bond motifs is 2. The molecule has 6 heteroatoms. The number of hydrogen-bond acceptors (Lipinski definition) is 4. The molecule has 0 bridgehead atoms. The molecule has 0 aliphatic rings. The van der Waals surface area contributed by atoms with Crippen LogP contribution in [0.1, 0.15) is 19.4 Å². The third-order valence-electron chi connectivity index (χ3n) is 5.77. The highest BCUT2D eigenvalue weighted by Crippen LogP contribution is 2.37. The summed E-state index contributed by atoms with van der Waals surface area (Å²) < 4.78 is 25.0. The summed E-state index contributed by atoms with van der Waals surface area (Å²) in [5, 5.41) is 4.72. The van der Waals surface area contributed by atoms with Crippen LogP contribution in [0.2, 0.25) is 0 Å². The Morgan fingerprint density at radius 1 is 1.11 bits per heavy atom. The van der Waals surface area contributed by atoms with Crippen molar-refractivity contribution in [3.8, 4) is 16.9 Å². The van der Waals surface area contributed by atoms with Gasteiger partial charge in [-0.15, -0.1) is 0 Å². The maximum atomic E-state index is 13.4. The number of pyridine rings is 1. The van der Waals surface area contributed by atoms with Gasteiger partial charge in [0.05, 0.1) is 18.4 Å². The maximum absolute atomic E-state index is 13.4. The smallest absolute Gasteiger partial charge is 0.248 e. The molecule has 0 spiro atoms. The van der Waals surface area contributed by atoms with E-state index >= 15 is 0 Å². The first-order chi connectivity index (χ1) is 17.0. The number of benzene rings is 3. The van der Waals surface area contributed by atoms with Crippen LogP contribution in [0, 0.1) is 5.82 Å². The molecule has 3 aromatic carbocycles. The third kappa shape index (κ3) is 4.64. The van der Waals surface area contributed by atoms with E-state index in [4.69, 9.17) is 9.15 Å². The highest BCUT2D eigenvalue weighted by atomic mass is 19.1. The SMILES string of the molecule is CCOc1cc2occ(-c3ccc(F)cc3)c2cc1/C(C)=C/C(=O)Nc1ccc2ncccc2c1. The third-order valence-corrected chi connectivity index (χ3v) is 5.77. The molecule has 0 saturated heterocycles. The van der Waals surface area contributed by atoms with Crippen molar-refractivity contribution in [3.05, 3.63) is 96.6 Å². The Balaban J connectivity index is 1.49. The van der Waals surface area contributed by atoms with Crippen molar-refractivity contribution in [3.63, 3.8) is 0 Å². The van der Waals surface area contributed by atoms with Gasteiger partial charge in [-0.2, -0.15) is 0 Å². The fraction of sp³-hybridized carbons (Fsp3) is 0.103. The standard InChI is InChI=1S/C29H23FN2O3/c1-3-34-27-16-28-24(25(17-35-28)19-6-8-21(30)9-7-19)15-23(27)18(2)13-29(33)32-22-10-11-26-20(14-22)5-4-12-31-26/h4-17H,3H2,1-2H3,(H,32,33)/b18-13+. The Bertz CT molecular complexity index is 1570. The molecule has 2 aromatic heterocycles. The number of furan rings is 1. The van der Waals surface area contributed by atoms with Gasteiger partial charge < -0.3 is 14.5 Å². The number of nitrogens with zero attached hydrogens (tertiary/aromatic N) is 1. The Morgan fingerprint density at radius 2 is 1.94 bits per heavy atom. The van der Waals surface area contributed by atoms with Crippen LogP contribution in [0.15, 0.2) is 89.7 Å². The molecule has 5 nitrogen and oxygen atoms in total. The van der Waals surface area contributed by atoms with Crippen LogP contribution in [0.25, 0.3) is 38.6 Å². The summed E-state index contributed by atoms with van der Waals surface area (Å²) in [6.07, 6.45) is 4.94. The van der Waals surface area contributed by atoms with Crippen molar-refractivity contribution in [2.45, 2.75) is 13.8 Å². The number of allylic oxidation sites excluding steroid dienone is 1. The molecular weight excluding hydrogens is 443 g/mol. The number of rotatable bonds is 6. The summed E-state index contributed by atoms with van der Waals surface area (Å²) in [5.41, 5.74) is 5.40. The van der Waals surface area contributed by atoms with E-state index in [1.54, 1.807) is 30.7 Å². The van der Waals surface area contributed by atoms with Gasteiger partial charge in [0.2, 0.25) is 5.91 Å². The van der Waals surface area contributed by atoms with Crippen LogP contribution in [0.3, 0.4) is 0 Å². The number of nitrogens with one attached hydrogen (secondary N) is 1. The van der Waals surface area contributed by atoms with Crippen molar-refractivity contribution in [2.24, 2.45) is 0 Å². The molecular formula is C29H23FN2O3. The lowest BCUT2D eigenvalue weighted by molar-refractivity contribution is -0.111. The van der Waals surface area contributed by atoms with Crippen LogP contribution in [-0.4, -0.2) is 17.5 Å². The topological polar surface area (TPSA) is 64.4 Å². The van der Waals surface area contributed by atoms with E-state index in [0.717, 1.165) is 38.6 Å². The number of carbonyl (C=O) groups excluding carboxylic acids is 1. The lowest BCUT2D eigenvalue weighted by Crippen LogP contribution is -2.08. The minimum atomic E-state index is -0.298. The monoisotopic (exact) mass is 466 g/mol. The lowest BCUT2D eigenvalue weighted by atomic mass is 9.99. The van der Waals surface area contributed by atoms with E-state index in [9.17, 15) is 9.18 Å². The maximum Gasteiger partial charge on any atom is 0.248 e. The van der Waals surface area contributed by atoms with Crippen molar-refractivity contribution in [1.82, 2.24) is 4.98 Å². The number of carbonyl (C=O) groups is 1. The van der Waals surface area contributed by atoms with Crippen LogP contribution in [0.4, 0.5) is 10.1 Å². The minimum Gasteiger partial charge on any atom is -0.493 e. The van der Waals surface area contributed by atoms with Gasteiger partial charge in [0, 0.05) is 45.9 Å². The van der Waals surface area contributed by atoms with Crippen LogP contribution in [-0.2, 0) is 4.79 Å². The number of anilines is 1. The van der Waals surface area contributed by atoms with E-state index in [0.29, 0.717) is 23.6 Å². The van der Waals surface area contributed by atoms with Gasteiger partial charge in [-0.1, -0.05) is 18.2 Å². The molecule has 0 atom stereocenters. The fourth-order valence-corrected chi connectivity index (χ4v) is 4.10. The molecule has 0 aliphatic heterocycles. The zero-order valence-electron chi connectivity index (χ0n) is 19.3. The normalized spacial score (nSPS) is 11.7. The van der Waals surface area contributed by atoms with Gasteiger partial charge >= 0.3 is 0 Å². The molecule has 5 rings (SSSR count). The summed E-state index contributed by atoms with van der Waals surface area (Å²) in [7, 11) is 0. The Kier molecular flexibility index (Phi) is 6.02. The number of hydrogen-bond donors (Lipinski definition) is 1. The predicted molar refractivity (Wildman–Crippen MR) is 137 cm³/mol. The second-order valence-corrected chi connectivity index (χ2v) is 8.16. The highest BCUT2D eigenvalue weighted by molar-refractivity contribution is 6.06. The number of amides is 1. The molecule has 35 heavy (non-hydrogen) atoms. The first-order valence-electron chi connectivity index (χ1n) is 11.3. The average molecular weight is 467 g/mol. The molecule has 0 saturated carbocycles. The van der Waals surface area contributed by atoms with Crippen molar-refractivity contribution < 1.29 is 18.3 Å². The van der Waals surface area contributed by atoms with Crippen LogP contribution in [0.5, 0.6) is 5.75 Å². The first kappa shape index (κ1) is 22.3. The molecule has 1 amide bonds. The summed E-state index contributed by atoms with van der Waals surface area (Å²) in [4.78, 5) is 17.1. The summed E-state index contributed by atoms with van der Waals surface area (Å²) >= 11 is 0. The quantitative estimate of drug-likeness (QED) is 0.268. The summed E-state index contributed by atoms with van der Waals surface area (Å²) in [6, 6.07) is 19.4. The van der Waals surface area contributed by atoms with Crippen molar-refractivity contribution in [2.75, 3.05) is 11.9 Å². The summed E-state index contributed by atoms with van der Waals surface area (Å²) in [6.45, 7) is 4.24. The highest BCUT2D eigenvalue weighted by Gasteiger charge is 2.15. The van der Waals surface area contributed by atoms with Gasteiger partial charge in [-0.05, 0) is 67.4 Å². The lowest BCUT2D eigenvalue weighted by Gasteiger charge is -2.12.